The maximum absolute atomic E-state index is 11.9. The molecule has 2 fully saturated rings. The molecule has 0 radical (unpaired) electrons. The highest BCUT2D eigenvalue weighted by Gasteiger charge is 2.34. The number of hydrogen-bond acceptors (Lipinski definition) is 2. The van der Waals surface area contributed by atoms with Gasteiger partial charge in [0.05, 0.1) is 13.1 Å². The number of likely N-dealkylation sites (tertiary alicyclic amines) is 1. The van der Waals surface area contributed by atoms with E-state index in [1.807, 2.05) is 13.8 Å². The van der Waals surface area contributed by atoms with E-state index in [9.17, 15) is 9.59 Å². The summed E-state index contributed by atoms with van der Waals surface area (Å²) in [6, 6.07) is -0.361. The first kappa shape index (κ1) is 16.3. The number of amides is 3. The van der Waals surface area contributed by atoms with Crippen LogP contribution in [0.1, 0.15) is 46.0 Å². The van der Waals surface area contributed by atoms with Crippen molar-refractivity contribution < 1.29 is 14.5 Å². The van der Waals surface area contributed by atoms with Crippen LogP contribution >= 0.6 is 0 Å². The molecule has 3 amide bonds. The lowest BCUT2D eigenvalue weighted by atomic mass is 9.75. The molecule has 0 aromatic carbocycles. The van der Waals surface area contributed by atoms with Crippen LogP contribution in [0.3, 0.4) is 0 Å². The minimum Gasteiger partial charge on any atom is -0.338 e. The molecule has 1 saturated carbocycles. The van der Waals surface area contributed by atoms with E-state index in [4.69, 9.17) is 0 Å². The molecule has 120 valence electrons. The van der Waals surface area contributed by atoms with Gasteiger partial charge in [0.25, 0.3) is 5.91 Å². The van der Waals surface area contributed by atoms with Gasteiger partial charge in [0.2, 0.25) is 0 Å². The summed E-state index contributed by atoms with van der Waals surface area (Å²) in [6.45, 7) is 7.26. The molecule has 3 N–H and O–H groups in total. The summed E-state index contributed by atoms with van der Waals surface area (Å²) in [4.78, 5) is 24.8. The fraction of sp³-hybridized carbons (Fsp3) is 0.875. The summed E-state index contributed by atoms with van der Waals surface area (Å²) in [6.07, 6.45) is 6.67. The normalized spacial score (nSPS) is 28.8. The first-order chi connectivity index (χ1) is 10.0. The molecule has 0 bridgehead atoms. The highest BCUT2D eigenvalue weighted by atomic mass is 16.2. The lowest BCUT2D eigenvalue weighted by molar-refractivity contribution is -0.902. The topological polar surface area (TPSA) is 62.6 Å². The van der Waals surface area contributed by atoms with Gasteiger partial charge in [-0.05, 0) is 31.1 Å². The highest BCUT2D eigenvalue weighted by molar-refractivity contribution is 5.94. The van der Waals surface area contributed by atoms with Crippen LogP contribution in [-0.4, -0.2) is 38.1 Å². The Morgan fingerprint density at radius 3 is 2.57 bits per heavy atom. The summed E-state index contributed by atoms with van der Waals surface area (Å²) in [7, 11) is 0. The third kappa shape index (κ3) is 5.30. The van der Waals surface area contributed by atoms with Gasteiger partial charge < -0.3 is 10.2 Å². The minimum absolute atomic E-state index is 0.152. The molecule has 1 heterocycles. The molecule has 1 unspecified atom stereocenters. The Balaban J connectivity index is 1.69. The number of fused-ring (bicyclic) bond motifs is 1. The van der Waals surface area contributed by atoms with Crippen molar-refractivity contribution in [3.63, 3.8) is 0 Å². The smallest absolute Gasteiger partial charge is 0.321 e. The van der Waals surface area contributed by atoms with Gasteiger partial charge in [0, 0.05) is 12.5 Å². The number of hydrogen-bond donors (Lipinski definition) is 3. The molecule has 0 aromatic heterocycles. The predicted molar refractivity (Wildman–Crippen MR) is 82.0 cm³/mol. The Labute approximate surface area is 127 Å². The van der Waals surface area contributed by atoms with E-state index in [-0.39, 0.29) is 11.9 Å². The lowest BCUT2D eigenvalue weighted by Gasteiger charge is -2.38. The van der Waals surface area contributed by atoms with E-state index in [2.05, 4.69) is 10.6 Å². The molecule has 21 heavy (non-hydrogen) atoms. The minimum atomic E-state index is -0.361. The number of rotatable bonds is 4. The number of quaternary nitrogens is 1. The monoisotopic (exact) mass is 296 g/mol. The van der Waals surface area contributed by atoms with Gasteiger partial charge in [0.15, 0.2) is 6.54 Å². The van der Waals surface area contributed by atoms with Gasteiger partial charge in [0.1, 0.15) is 0 Å². The number of imide groups is 1. The van der Waals surface area contributed by atoms with Crippen molar-refractivity contribution in [2.75, 3.05) is 26.2 Å². The van der Waals surface area contributed by atoms with E-state index in [0.717, 1.165) is 24.9 Å². The van der Waals surface area contributed by atoms with Crippen molar-refractivity contribution in [1.82, 2.24) is 10.6 Å². The van der Waals surface area contributed by atoms with Crippen LogP contribution in [0.4, 0.5) is 4.79 Å². The Hall–Kier alpha value is -1.10. The third-order valence-corrected chi connectivity index (χ3v) is 4.82. The zero-order valence-corrected chi connectivity index (χ0v) is 13.4. The quantitative estimate of drug-likeness (QED) is 0.710. The van der Waals surface area contributed by atoms with Crippen molar-refractivity contribution in [3.05, 3.63) is 0 Å². The van der Waals surface area contributed by atoms with Crippen LogP contribution in [0.5, 0.6) is 0 Å². The van der Waals surface area contributed by atoms with E-state index in [1.165, 1.54) is 37.0 Å². The molecule has 0 aromatic rings. The van der Waals surface area contributed by atoms with Gasteiger partial charge in [-0.2, -0.15) is 0 Å². The summed E-state index contributed by atoms with van der Waals surface area (Å²) < 4.78 is 0. The Bertz CT molecular complexity index is 371. The molecule has 1 saturated heterocycles. The second-order valence-electron chi connectivity index (χ2n) is 7.13. The zero-order valence-electron chi connectivity index (χ0n) is 13.4. The summed E-state index contributed by atoms with van der Waals surface area (Å²) >= 11 is 0. The molecular formula is C16H30N3O2+. The van der Waals surface area contributed by atoms with Crippen molar-refractivity contribution in [2.45, 2.75) is 46.0 Å². The van der Waals surface area contributed by atoms with E-state index in [1.54, 1.807) is 0 Å². The van der Waals surface area contributed by atoms with Gasteiger partial charge in [-0.3, -0.25) is 10.1 Å². The van der Waals surface area contributed by atoms with Gasteiger partial charge >= 0.3 is 6.03 Å². The Morgan fingerprint density at radius 2 is 1.86 bits per heavy atom. The Morgan fingerprint density at radius 1 is 1.14 bits per heavy atom. The average Bonchev–Trinajstić information content (AvgIpc) is 2.45. The molecule has 2 rings (SSSR count). The molecule has 1 aliphatic carbocycles. The molecule has 0 spiro atoms. The molecule has 5 nitrogen and oxygen atoms in total. The summed E-state index contributed by atoms with van der Waals surface area (Å²) in [5, 5.41) is 5.16. The average molecular weight is 296 g/mol. The van der Waals surface area contributed by atoms with Crippen LogP contribution in [0.25, 0.3) is 0 Å². The van der Waals surface area contributed by atoms with Gasteiger partial charge in [-0.25, -0.2) is 4.79 Å². The fourth-order valence-corrected chi connectivity index (χ4v) is 3.70. The summed E-state index contributed by atoms with van der Waals surface area (Å²) in [5.41, 5.74) is 0. The van der Waals surface area contributed by atoms with E-state index >= 15 is 0 Å². The molecule has 3 atom stereocenters. The number of nitrogens with one attached hydrogen (secondary N) is 3. The van der Waals surface area contributed by atoms with Crippen LogP contribution in [0, 0.1) is 17.8 Å². The van der Waals surface area contributed by atoms with Gasteiger partial charge in [-0.15, -0.1) is 0 Å². The van der Waals surface area contributed by atoms with Crippen molar-refractivity contribution in [1.29, 1.82) is 0 Å². The molecular weight excluding hydrogens is 266 g/mol. The standard InChI is InChI=1S/C16H29N3O2/c1-12(2)9-17-16(21)18-15(20)11-19-8-7-13-5-3-4-6-14(13)10-19/h12-14H,3-11H2,1-2H3,(H2,17,18,20,21)/p+1/t13-,14+/m0/s1. The highest BCUT2D eigenvalue weighted by Crippen LogP contribution is 2.32. The fourth-order valence-electron chi connectivity index (χ4n) is 3.70. The second-order valence-corrected chi connectivity index (χ2v) is 7.13. The number of urea groups is 1. The summed E-state index contributed by atoms with van der Waals surface area (Å²) in [5.74, 6) is 1.92. The first-order valence-electron chi connectivity index (χ1n) is 8.46. The van der Waals surface area contributed by atoms with Crippen LogP contribution in [0.2, 0.25) is 0 Å². The third-order valence-electron chi connectivity index (χ3n) is 4.82. The molecule has 1 aliphatic heterocycles. The van der Waals surface area contributed by atoms with Crippen LogP contribution in [0.15, 0.2) is 0 Å². The zero-order chi connectivity index (χ0) is 15.2. The van der Waals surface area contributed by atoms with Crippen molar-refractivity contribution >= 4 is 11.9 Å². The van der Waals surface area contributed by atoms with E-state index in [0.29, 0.717) is 19.0 Å². The van der Waals surface area contributed by atoms with Crippen molar-refractivity contribution in [2.24, 2.45) is 17.8 Å². The number of carbonyl (C=O) groups is 2. The van der Waals surface area contributed by atoms with Crippen molar-refractivity contribution in [3.8, 4) is 0 Å². The Kier molecular flexibility index (Phi) is 6.03. The molecule has 2 aliphatic rings. The maximum Gasteiger partial charge on any atom is 0.321 e. The second kappa shape index (κ2) is 7.78. The molecule has 5 heteroatoms. The number of carbonyl (C=O) groups excluding carboxylic acids is 2. The van der Waals surface area contributed by atoms with Crippen LogP contribution in [-0.2, 0) is 4.79 Å². The van der Waals surface area contributed by atoms with E-state index < -0.39 is 0 Å². The lowest BCUT2D eigenvalue weighted by Crippen LogP contribution is -3.15. The predicted octanol–water partition coefficient (Wildman–Crippen LogP) is 0.563. The largest absolute Gasteiger partial charge is 0.338 e. The van der Waals surface area contributed by atoms with Gasteiger partial charge in [-0.1, -0.05) is 26.7 Å². The number of piperidine rings is 1. The maximum atomic E-state index is 11.9. The first-order valence-corrected chi connectivity index (χ1v) is 8.46. The van der Waals surface area contributed by atoms with Crippen LogP contribution < -0.4 is 15.5 Å². The SMILES string of the molecule is CC(C)CNC(=O)NC(=O)C[NH+]1CC[C@@H]2CCCC[C@@H]2C1.